The Morgan fingerprint density at radius 3 is 2.14 bits per heavy atom. The van der Waals surface area contributed by atoms with Crippen molar-refractivity contribution >= 4 is 11.8 Å². The second-order valence-electron chi connectivity index (χ2n) is 7.33. The van der Waals surface area contributed by atoms with Crippen molar-refractivity contribution in [1.82, 2.24) is 9.97 Å². The fourth-order valence-electron chi connectivity index (χ4n) is 2.99. The summed E-state index contributed by atoms with van der Waals surface area (Å²) >= 11 is 1.64. The van der Waals surface area contributed by atoms with Gasteiger partial charge in [-0.15, -0.1) is 0 Å². The quantitative estimate of drug-likeness (QED) is 0.368. The summed E-state index contributed by atoms with van der Waals surface area (Å²) < 4.78 is 0. The number of aromatic nitrogens is 2. The summed E-state index contributed by atoms with van der Waals surface area (Å²) in [6, 6.07) is 16.0. The third-order valence-electron chi connectivity index (χ3n) is 4.93. The molecule has 2 aromatic carbocycles. The van der Waals surface area contributed by atoms with Gasteiger partial charge in [-0.05, 0) is 35.4 Å². The number of nitrogens with one attached hydrogen (secondary N) is 1. The molecule has 6 nitrogen and oxygen atoms in total. The van der Waals surface area contributed by atoms with Gasteiger partial charge in [0.15, 0.2) is 0 Å². The van der Waals surface area contributed by atoms with Crippen molar-refractivity contribution in [1.29, 1.82) is 0 Å². The Hall–Kier alpha value is -2.16. The zero-order chi connectivity index (χ0) is 20.9. The molecular weight excluding hydrogens is 386 g/mol. The van der Waals surface area contributed by atoms with Gasteiger partial charge in [0.1, 0.15) is 24.6 Å². The van der Waals surface area contributed by atoms with Gasteiger partial charge in [-0.25, -0.2) is 4.98 Å². The molecule has 0 fully saturated rings. The number of nitrogens with zero attached hydrogens (tertiary/aromatic N) is 1. The standard InChI is InChI=1S/C22H27N3O3S/c1-2-21-24-12-19(25-21)15-3-7-17(8-4-15)29-18-9-5-16(6-10-18)20(28)11-22(23,13-26)14-27/h3-10,12,20,26-28H,2,11,13-14,23H2,1H3,(H,24,25)/p+1. The Kier molecular flexibility index (Phi) is 7.10. The van der Waals surface area contributed by atoms with Gasteiger partial charge in [-0.3, -0.25) is 0 Å². The van der Waals surface area contributed by atoms with E-state index in [-0.39, 0.29) is 19.6 Å². The number of benzene rings is 2. The van der Waals surface area contributed by atoms with E-state index in [2.05, 4.69) is 46.9 Å². The van der Waals surface area contributed by atoms with Crippen LogP contribution < -0.4 is 5.73 Å². The Morgan fingerprint density at radius 1 is 1.03 bits per heavy atom. The predicted octanol–water partition coefficient (Wildman–Crippen LogP) is 2.18. The lowest BCUT2D eigenvalue weighted by molar-refractivity contribution is -0.494. The van der Waals surface area contributed by atoms with Crippen molar-refractivity contribution in [3.63, 3.8) is 0 Å². The first-order valence-electron chi connectivity index (χ1n) is 9.63. The molecule has 0 amide bonds. The Bertz CT molecular complexity index is 906. The zero-order valence-corrected chi connectivity index (χ0v) is 17.3. The van der Waals surface area contributed by atoms with Gasteiger partial charge < -0.3 is 26.0 Å². The maximum atomic E-state index is 10.4. The smallest absolute Gasteiger partial charge is 0.144 e. The molecule has 0 saturated carbocycles. The minimum atomic E-state index is -0.943. The number of H-pyrrole nitrogens is 1. The number of quaternary nitrogens is 1. The van der Waals surface area contributed by atoms with Gasteiger partial charge in [-0.1, -0.05) is 43.0 Å². The van der Waals surface area contributed by atoms with E-state index in [4.69, 9.17) is 0 Å². The molecule has 3 aromatic rings. The van der Waals surface area contributed by atoms with Gasteiger partial charge in [0.2, 0.25) is 0 Å². The van der Waals surface area contributed by atoms with Gasteiger partial charge in [-0.2, -0.15) is 0 Å². The molecule has 0 aliphatic rings. The fourth-order valence-corrected chi connectivity index (χ4v) is 3.81. The molecule has 0 spiro atoms. The van der Waals surface area contributed by atoms with Crippen LogP contribution in [-0.2, 0) is 6.42 Å². The summed E-state index contributed by atoms with van der Waals surface area (Å²) in [6.45, 7) is 1.52. The van der Waals surface area contributed by atoms with E-state index in [1.807, 2.05) is 30.5 Å². The molecule has 1 aromatic heterocycles. The molecule has 0 radical (unpaired) electrons. The summed E-state index contributed by atoms with van der Waals surface area (Å²) in [5.41, 5.74) is 5.73. The van der Waals surface area contributed by atoms with Gasteiger partial charge >= 0.3 is 0 Å². The molecule has 29 heavy (non-hydrogen) atoms. The van der Waals surface area contributed by atoms with Crippen LogP contribution in [-0.4, -0.2) is 44.0 Å². The maximum Gasteiger partial charge on any atom is 0.144 e. The van der Waals surface area contributed by atoms with Crippen LogP contribution in [0.2, 0.25) is 0 Å². The average molecular weight is 415 g/mol. The highest BCUT2D eigenvalue weighted by atomic mass is 32.2. The third kappa shape index (κ3) is 5.46. The van der Waals surface area contributed by atoms with E-state index in [9.17, 15) is 15.3 Å². The number of rotatable bonds is 9. The zero-order valence-electron chi connectivity index (χ0n) is 16.5. The number of hydrogen-bond donors (Lipinski definition) is 5. The monoisotopic (exact) mass is 414 g/mol. The highest BCUT2D eigenvalue weighted by molar-refractivity contribution is 7.99. The fraction of sp³-hybridized carbons (Fsp3) is 0.318. The van der Waals surface area contributed by atoms with E-state index in [1.165, 1.54) is 0 Å². The van der Waals surface area contributed by atoms with Crippen molar-refractivity contribution in [2.24, 2.45) is 0 Å². The van der Waals surface area contributed by atoms with Crippen molar-refractivity contribution < 1.29 is 21.1 Å². The highest BCUT2D eigenvalue weighted by Crippen LogP contribution is 2.31. The van der Waals surface area contributed by atoms with Crippen LogP contribution in [0.4, 0.5) is 0 Å². The summed E-state index contributed by atoms with van der Waals surface area (Å²) in [5, 5.41) is 29.1. The molecule has 0 saturated heterocycles. The van der Waals surface area contributed by atoms with Crippen molar-refractivity contribution in [2.75, 3.05) is 13.2 Å². The minimum Gasteiger partial charge on any atom is -0.390 e. The first kappa shape index (κ1) is 21.5. The normalized spacial score (nSPS) is 12.9. The second-order valence-corrected chi connectivity index (χ2v) is 8.48. The molecule has 7 heteroatoms. The van der Waals surface area contributed by atoms with Gasteiger partial charge in [0.05, 0.1) is 18.0 Å². The Morgan fingerprint density at radius 2 is 1.62 bits per heavy atom. The minimum absolute atomic E-state index is 0.196. The SMILES string of the molecule is CCc1ncc(-c2ccc(Sc3ccc(C(O)CC([NH3+])(CO)CO)cc3)cc2)[nH]1. The number of aliphatic hydroxyl groups excluding tert-OH is 3. The predicted molar refractivity (Wildman–Crippen MR) is 113 cm³/mol. The van der Waals surface area contributed by atoms with Crippen LogP contribution in [0, 0.1) is 0 Å². The van der Waals surface area contributed by atoms with Crippen LogP contribution in [0.25, 0.3) is 11.3 Å². The molecule has 0 aliphatic heterocycles. The molecule has 154 valence electrons. The number of aliphatic hydroxyl groups is 3. The summed E-state index contributed by atoms with van der Waals surface area (Å²) in [6.07, 6.45) is 2.15. The van der Waals surface area contributed by atoms with Crippen LogP contribution >= 0.6 is 11.8 Å². The van der Waals surface area contributed by atoms with Crippen molar-refractivity contribution in [3.8, 4) is 11.3 Å². The summed E-state index contributed by atoms with van der Waals surface area (Å²) in [5.74, 6) is 0.981. The number of imidazole rings is 1. The van der Waals surface area contributed by atoms with E-state index in [0.717, 1.165) is 38.9 Å². The lowest BCUT2D eigenvalue weighted by Gasteiger charge is -2.24. The van der Waals surface area contributed by atoms with Crippen LogP contribution in [0.1, 0.15) is 30.8 Å². The van der Waals surface area contributed by atoms with Crippen LogP contribution in [0.3, 0.4) is 0 Å². The van der Waals surface area contributed by atoms with Crippen LogP contribution in [0.5, 0.6) is 0 Å². The lowest BCUT2D eigenvalue weighted by atomic mass is 9.92. The molecule has 7 N–H and O–H groups in total. The molecule has 1 atom stereocenters. The molecular formula is C22H28N3O3S+. The van der Waals surface area contributed by atoms with E-state index in [0.29, 0.717) is 0 Å². The third-order valence-corrected chi connectivity index (χ3v) is 5.94. The number of hydrogen-bond acceptors (Lipinski definition) is 5. The lowest BCUT2D eigenvalue weighted by Crippen LogP contribution is -2.77. The first-order valence-corrected chi connectivity index (χ1v) is 10.5. The molecule has 1 heterocycles. The average Bonchev–Trinajstić information content (AvgIpc) is 3.24. The van der Waals surface area contributed by atoms with Gasteiger partial charge in [0.25, 0.3) is 0 Å². The second kappa shape index (κ2) is 9.56. The van der Waals surface area contributed by atoms with Crippen molar-refractivity contribution in [2.45, 2.75) is 41.2 Å². The van der Waals surface area contributed by atoms with Gasteiger partial charge in [0, 0.05) is 22.6 Å². The maximum absolute atomic E-state index is 10.4. The number of aryl methyl sites for hydroxylation is 1. The largest absolute Gasteiger partial charge is 0.390 e. The van der Waals surface area contributed by atoms with E-state index in [1.54, 1.807) is 11.8 Å². The molecule has 0 bridgehead atoms. The Balaban J connectivity index is 1.63. The summed E-state index contributed by atoms with van der Waals surface area (Å²) in [4.78, 5) is 9.84. The molecule has 0 aliphatic carbocycles. The molecule has 1 unspecified atom stereocenters. The molecule has 3 rings (SSSR count). The van der Waals surface area contributed by atoms with Crippen LogP contribution in [0.15, 0.2) is 64.5 Å². The van der Waals surface area contributed by atoms with E-state index < -0.39 is 11.6 Å². The van der Waals surface area contributed by atoms with E-state index >= 15 is 0 Å². The number of aromatic amines is 1. The summed E-state index contributed by atoms with van der Waals surface area (Å²) in [7, 11) is 0. The topological polar surface area (TPSA) is 117 Å². The first-order chi connectivity index (χ1) is 14.0. The highest BCUT2D eigenvalue weighted by Gasteiger charge is 2.31. The van der Waals surface area contributed by atoms with Crippen molar-refractivity contribution in [3.05, 3.63) is 66.1 Å². The Labute approximate surface area is 174 Å².